The highest BCUT2D eigenvalue weighted by molar-refractivity contribution is 6.00. The van der Waals surface area contributed by atoms with Crippen molar-refractivity contribution in [1.29, 1.82) is 0 Å². The number of nitrogens with one attached hydrogen (secondary N) is 4. The molecule has 7 heteroatoms. The molecule has 0 atom stereocenters. The highest BCUT2D eigenvalue weighted by atomic mass is 16.3. The van der Waals surface area contributed by atoms with Crippen molar-refractivity contribution in [3.05, 3.63) is 90.0 Å². The van der Waals surface area contributed by atoms with E-state index in [4.69, 9.17) is 0 Å². The molecule has 148 valence electrons. The maximum atomic E-state index is 12.2. The van der Waals surface area contributed by atoms with Crippen LogP contribution in [0, 0.1) is 0 Å². The maximum Gasteiger partial charge on any atom is 0.319 e. The van der Waals surface area contributed by atoms with Gasteiger partial charge in [0.25, 0.3) is 0 Å². The van der Waals surface area contributed by atoms with Crippen molar-refractivity contribution in [2.24, 2.45) is 0 Å². The molecule has 3 aromatic rings. The molecule has 0 aliphatic carbocycles. The summed E-state index contributed by atoms with van der Waals surface area (Å²) in [6.45, 7) is 0.687. The number of hydrogen-bond donors (Lipinski definition) is 5. The van der Waals surface area contributed by atoms with Gasteiger partial charge in [-0.1, -0.05) is 66.7 Å². The summed E-state index contributed by atoms with van der Waals surface area (Å²) in [5.41, 5.74) is 2.30. The van der Waals surface area contributed by atoms with Crippen molar-refractivity contribution in [1.82, 2.24) is 10.6 Å². The second-order valence-electron chi connectivity index (χ2n) is 6.29. The van der Waals surface area contributed by atoms with E-state index in [1.165, 1.54) is 6.07 Å². The number of phenols is 1. The molecular weight excluding hydrogens is 368 g/mol. The Balaban J connectivity index is 1.59. The Morgan fingerprint density at radius 2 is 1.17 bits per heavy atom. The van der Waals surface area contributed by atoms with E-state index in [0.29, 0.717) is 13.1 Å². The van der Waals surface area contributed by atoms with Crippen LogP contribution < -0.4 is 21.3 Å². The molecule has 3 rings (SSSR count). The fourth-order valence-electron chi connectivity index (χ4n) is 2.66. The Bertz CT molecular complexity index is 962. The van der Waals surface area contributed by atoms with Gasteiger partial charge in [-0.2, -0.15) is 0 Å². The number of hydrogen-bond acceptors (Lipinski definition) is 3. The number of carbonyl (C=O) groups is 2. The van der Waals surface area contributed by atoms with Crippen molar-refractivity contribution < 1.29 is 14.7 Å². The Hall–Kier alpha value is -4.00. The number of rotatable bonds is 6. The zero-order chi connectivity index (χ0) is 20.5. The monoisotopic (exact) mass is 390 g/mol. The molecule has 0 aromatic heterocycles. The molecule has 0 heterocycles. The van der Waals surface area contributed by atoms with Crippen LogP contribution in [0.2, 0.25) is 0 Å². The minimum Gasteiger partial charge on any atom is -0.506 e. The average molecular weight is 390 g/mol. The van der Waals surface area contributed by atoms with Crippen molar-refractivity contribution in [3.63, 3.8) is 0 Å². The van der Waals surface area contributed by atoms with Crippen molar-refractivity contribution in [2.75, 3.05) is 10.6 Å². The van der Waals surface area contributed by atoms with Crippen molar-refractivity contribution in [2.45, 2.75) is 13.1 Å². The first-order valence-electron chi connectivity index (χ1n) is 9.11. The van der Waals surface area contributed by atoms with E-state index >= 15 is 0 Å². The molecule has 0 saturated carbocycles. The van der Waals surface area contributed by atoms with Gasteiger partial charge >= 0.3 is 12.1 Å². The maximum absolute atomic E-state index is 12.2. The molecule has 5 N–H and O–H groups in total. The lowest BCUT2D eigenvalue weighted by Crippen LogP contribution is -2.30. The second kappa shape index (κ2) is 9.80. The third kappa shape index (κ3) is 6.00. The summed E-state index contributed by atoms with van der Waals surface area (Å²) in [5.74, 6) is -0.152. The number of amides is 4. The molecule has 0 unspecified atom stereocenters. The van der Waals surface area contributed by atoms with Gasteiger partial charge < -0.3 is 26.4 Å². The van der Waals surface area contributed by atoms with Crippen LogP contribution in [0.3, 0.4) is 0 Å². The largest absolute Gasteiger partial charge is 0.506 e. The smallest absolute Gasteiger partial charge is 0.319 e. The normalized spacial score (nSPS) is 10.1. The second-order valence-corrected chi connectivity index (χ2v) is 6.29. The van der Waals surface area contributed by atoms with Crippen LogP contribution in [-0.4, -0.2) is 17.2 Å². The van der Waals surface area contributed by atoms with Crippen LogP contribution in [0.25, 0.3) is 0 Å². The van der Waals surface area contributed by atoms with Gasteiger partial charge in [0.15, 0.2) is 0 Å². The summed E-state index contributed by atoms with van der Waals surface area (Å²) in [6, 6.07) is 22.6. The first kappa shape index (κ1) is 19.8. The van der Waals surface area contributed by atoms with Crippen LogP contribution in [0.5, 0.6) is 5.75 Å². The van der Waals surface area contributed by atoms with Gasteiger partial charge in [-0.15, -0.1) is 0 Å². The fraction of sp³-hybridized carbons (Fsp3) is 0.0909. The first-order chi connectivity index (χ1) is 14.1. The predicted octanol–water partition coefficient (Wildman–Crippen LogP) is 4.04. The van der Waals surface area contributed by atoms with E-state index in [-0.39, 0.29) is 17.1 Å². The molecule has 0 fully saturated rings. The predicted molar refractivity (Wildman–Crippen MR) is 113 cm³/mol. The summed E-state index contributed by atoms with van der Waals surface area (Å²) < 4.78 is 0. The van der Waals surface area contributed by atoms with Crippen LogP contribution in [0.4, 0.5) is 21.0 Å². The third-order valence-electron chi connectivity index (χ3n) is 4.12. The summed E-state index contributed by atoms with van der Waals surface area (Å²) in [4.78, 5) is 24.4. The topological polar surface area (TPSA) is 102 Å². The lowest BCUT2D eigenvalue weighted by molar-refractivity contribution is 0.250. The number of benzene rings is 3. The molecule has 0 aliphatic rings. The third-order valence-corrected chi connectivity index (χ3v) is 4.12. The van der Waals surface area contributed by atoms with E-state index in [2.05, 4.69) is 21.3 Å². The molecule has 0 aliphatic heterocycles. The van der Waals surface area contributed by atoms with Crippen LogP contribution >= 0.6 is 0 Å². The highest BCUT2D eigenvalue weighted by Gasteiger charge is 2.13. The van der Waals surface area contributed by atoms with E-state index in [0.717, 1.165) is 11.1 Å². The number of carbonyl (C=O) groups excluding carboxylic acids is 2. The van der Waals surface area contributed by atoms with E-state index in [1.54, 1.807) is 12.1 Å². The standard InChI is InChI=1S/C22H22N4O3/c27-19-13-7-12-18(25-21(28)23-14-16-8-3-1-4-9-16)20(19)26-22(29)24-15-17-10-5-2-6-11-17/h1-13,27H,14-15H2,(H2,23,25,28)(H2,24,26,29). The molecule has 29 heavy (non-hydrogen) atoms. The minimum absolute atomic E-state index is 0.118. The molecule has 0 radical (unpaired) electrons. The van der Waals surface area contributed by atoms with Gasteiger partial charge in [-0.25, -0.2) is 9.59 Å². The van der Waals surface area contributed by atoms with E-state index in [9.17, 15) is 14.7 Å². The number of anilines is 2. The minimum atomic E-state index is -0.497. The van der Waals surface area contributed by atoms with Crippen LogP contribution in [0.1, 0.15) is 11.1 Å². The SMILES string of the molecule is O=C(NCc1ccccc1)Nc1cccc(O)c1NC(=O)NCc1ccccc1. The van der Waals surface area contributed by atoms with E-state index in [1.807, 2.05) is 60.7 Å². The zero-order valence-electron chi connectivity index (χ0n) is 15.7. The van der Waals surface area contributed by atoms with Crippen molar-refractivity contribution >= 4 is 23.4 Å². The number of urea groups is 2. The highest BCUT2D eigenvalue weighted by Crippen LogP contribution is 2.31. The number of aromatic hydroxyl groups is 1. The van der Waals surface area contributed by atoms with Gasteiger partial charge in [0, 0.05) is 13.1 Å². The van der Waals surface area contributed by atoms with Gasteiger partial charge in [-0.05, 0) is 23.3 Å². The van der Waals surface area contributed by atoms with Gasteiger partial charge in [0.05, 0.1) is 5.69 Å². The van der Waals surface area contributed by atoms with Gasteiger partial charge in [0.2, 0.25) is 0 Å². The average Bonchev–Trinajstić information content (AvgIpc) is 2.75. The quantitative estimate of drug-likeness (QED) is 0.411. The Morgan fingerprint density at radius 3 is 1.72 bits per heavy atom. The summed E-state index contributed by atoms with van der Waals surface area (Å²) in [6.07, 6.45) is 0. The van der Waals surface area contributed by atoms with Crippen LogP contribution in [-0.2, 0) is 13.1 Å². The van der Waals surface area contributed by atoms with Crippen molar-refractivity contribution in [3.8, 4) is 5.75 Å². The number of phenolic OH excluding ortho intramolecular Hbond substituents is 1. The molecule has 3 aromatic carbocycles. The Labute approximate surface area is 168 Å². The zero-order valence-corrected chi connectivity index (χ0v) is 15.7. The fourth-order valence-corrected chi connectivity index (χ4v) is 2.66. The summed E-state index contributed by atoms with van der Waals surface area (Å²) >= 11 is 0. The molecule has 0 bridgehead atoms. The van der Waals surface area contributed by atoms with Crippen LogP contribution in [0.15, 0.2) is 78.9 Å². The van der Waals surface area contributed by atoms with Gasteiger partial charge in [-0.3, -0.25) is 0 Å². The summed E-state index contributed by atoms with van der Waals surface area (Å²) in [7, 11) is 0. The lowest BCUT2D eigenvalue weighted by atomic mass is 10.2. The molecular formula is C22H22N4O3. The molecule has 4 amide bonds. The van der Waals surface area contributed by atoms with E-state index < -0.39 is 12.1 Å². The lowest BCUT2D eigenvalue weighted by Gasteiger charge is -2.15. The Kier molecular flexibility index (Phi) is 6.67. The van der Waals surface area contributed by atoms with Gasteiger partial charge in [0.1, 0.15) is 11.4 Å². The summed E-state index contributed by atoms with van der Waals surface area (Å²) in [5, 5.41) is 20.8. The Morgan fingerprint density at radius 1 is 0.655 bits per heavy atom. The molecule has 0 spiro atoms. The first-order valence-corrected chi connectivity index (χ1v) is 9.11. The number of para-hydroxylation sites is 1. The molecule has 0 saturated heterocycles. The molecule has 7 nitrogen and oxygen atoms in total.